The maximum absolute atomic E-state index is 10.3. The normalized spacial score (nSPS) is 13.2. The Hall–Kier alpha value is -4.48. The third-order valence-corrected chi connectivity index (χ3v) is 8.13. The fourth-order valence-corrected chi connectivity index (χ4v) is 5.30. The van der Waals surface area contributed by atoms with Crippen LogP contribution in [0.3, 0.4) is 0 Å². The maximum Gasteiger partial charge on any atom is 0.140 e. The number of phenols is 2. The molecule has 4 unspecified atom stereocenters. The van der Waals surface area contributed by atoms with Gasteiger partial charge in [0.25, 0.3) is 0 Å². The van der Waals surface area contributed by atoms with Crippen molar-refractivity contribution in [1.82, 2.24) is 0 Å². The second-order valence-electron chi connectivity index (χ2n) is 12.6. The molecule has 10 N–H and O–H groups in total. The molecular formula is C40H56N4O6. The van der Waals surface area contributed by atoms with Gasteiger partial charge in [-0.2, -0.15) is 0 Å². The Labute approximate surface area is 296 Å². The molecule has 0 bridgehead atoms. The second kappa shape index (κ2) is 22.3. The molecule has 4 aromatic rings. The van der Waals surface area contributed by atoms with E-state index in [4.69, 9.17) is 0 Å². The van der Waals surface area contributed by atoms with Crippen molar-refractivity contribution in [2.75, 3.05) is 47.4 Å². The highest BCUT2D eigenvalue weighted by atomic mass is 16.3. The summed E-state index contributed by atoms with van der Waals surface area (Å²) in [4.78, 5) is 0. The minimum Gasteiger partial charge on any atom is -0.506 e. The molecule has 0 amide bonds. The maximum atomic E-state index is 10.3. The van der Waals surface area contributed by atoms with Crippen LogP contribution < -0.4 is 21.3 Å². The molecule has 0 aliphatic rings. The van der Waals surface area contributed by atoms with Crippen LogP contribution in [0.1, 0.15) is 75.7 Å². The van der Waals surface area contributed by atoms with Gasteiger partial charge in [0.05, 0.1) is 35.8 Å². The van der Waals surface area contributed by atoms with E-state index in [9.17, 15) is 30.6 Å². The monoisotopic (exact) mass is 688 g/mol. The number of aliphatic hydroxyl groups is 4. The molecule has 0 aliphatic heterocycles. The van der Waals surface area contributed by atoms with Crippen LogP contribution in [0.4, 0.5) is 22.7 Å². The van der Waals surface area contributed by atoms with E-state index in [0.717, 1.165) is 74.1 Å². The molecule has 0 aromatic heterocycles. The first kappa shape index (κ1) is 40.0. The van der Waals surface area contributed by atoms with E-state index in [-0.39, 0.29) is 30.3 Å². The third-order valence-electron chi connectivity index (χ3n) is 8.13. The molecule has 4 aromatic carbocycles. The predicted molar refractivity (Wildman–Crippen MR) is 204 cm³/mol. The van der Waals surface area contributed by atoms with Gasteiger partial charge >= 0.3 is 0 Å². The third kappa shape index (κ3) is 14.6. The van der Waals surface area contributed by atoms with Gasteiger partial charge in [0, 0.05) is 26.2 Å². The van der Waals surface area contributed by atoms with Crippen molar-refractivity contribution in [3.05, 3.63) is 108 Å². The van der Waals surface area contributed by atoms with E-state index >= 15 is 0 Å². The zero-order valence-electron chi connectivity index (χ0n) is 29.3. The van der Waals surface area contributed by atoms with Crippen LogP contribution in [-0.4, -0.2) is 69.0 Å². The number of unbranched alkanes of at least 4 members (excludes halogenated alkanes) is 2. The van der Waals surface area contributed by atoms with Crippen LogP contribution in [0.5, 0.6) is 11.5 Å². The highest BCUT2D eigenvalue weighted by Gasteiger charge is 2.13. The number of phenolic OH excluding ortho intramolecular Hbond substituents is 2. The summed E-state index contributed by atoms with van der Waals surface area (Å²) in [6.07, 6.45) is 3.62. The summed E-state index contributed by atoms with van der Waals surface area (Å²) in [5.41, 5.74) is 4.41. The number of hydrogen-bond acceptors (Lipinski definition) is 10. The van der Waals surface area contributed by atoms with E-state index < -0.39 is 12.2 Å². The van der Waals surface area contributed by atoms with E-state index in [1.54, 1.807) is 25.1 Å². The number of anilines is 4. The molecule has 272 valence electrons. The minimum atomic E-state index is -0.700. The Kier molecular flexibility index (Phi) is 17.8. The standard InChI is InChI=1S/C22H24N2O3.C18H32N2O3/c25-19-13-7-12-18(23-14-20(26)16-8-3-1-4-9-16)22(19)24-15-21(27)17-10-5-2-6-11-17;1-14(21)8-3-5-12-19-16-10-7-11-17(23)18(16)20-13-6-4-9-15(2)22/h1-13,20-21,23-27H,14-15H2;7,10-11,14-15,19-23H,3-6,8-9,12-13H2,1-2H3. The Morgan fingerprint density at radius 3 is 1.36 bits per heavy atom. The van der Waals surface area contributed by atoms with Crippen LogP contribution in [-0.2, 0) is 0 Å². The summed E-state index contributed by atoms with van der Waals surface area (Å²) in [5.74, 6) is 0.323. The van der Waals surface area contributed by atoms with Crippen molar-refractivity contribution in [3.63, 3.8) is 0 Å². The average molecular weight is 689 g/mol. The highest BCUT2D eigenvalue weighted by molar-refractivity contribution is 5.76. The summed E-state index contributed by atoms with van der Waals surface area (Å²) in [6, 6.07) is 29.3. The Morgan fingerprint density at radius 1 is 0.460 bits per heavy atom. The van der Waals surface area contributed by atoms with E-state index in [1.807, 2.05) is 85.8 Å². The van der Waals surface area contributed by atoms with Gasteiger partial charge in [-0.3, -0.25) is 0 Å². The Bertz CT molecular complexity index is 1490. The van der Waals surface area contributed by atoms with E-state index in [1.165, 1.54) is 0 Å². The predicted octanol–water partition coefficient (Wildman–Crippen LogP) is 7.00. The second-order valence-corrected chi connectivity index (χ2v) is 12.6. The molecule has 50 heavy (non-hydrogen) atoms. The van der Waals surface area contributed by atoms with Crippen molar-refractivity contribution < 1.29 is 30.6 Å². The molecule has 0 heterocycles. The van der Waals surface area contributed by atoms with Crippen molar-refractivity contribution in [3.8, 4) is 11.5 Å². The van der Waals surface area contributed by atoms with Gasteiger partial charge in [-0.15, -0.1) is 0 Å². The van der Waals surface area contributed by atoms with Gasteiger partial charge in [0.15, 0.2) is 0 Å². The fraction of sp³-hybridized carbons (Fsp3) is 0.400. The lowest BCUT2D eigenvalue weighted by molar-refractivity contribution is 0.180. The lowest BCUT2D eigenvalue weighted by Crippen LogP contribution is -2.16. The first-order chi connectivity index (χ1) is 24.2. The summed E-state index contributed by atoms with van der Waals surface area (Å²) in [5, 5.41) is 72.3. The number of para-hydroxylation sites is 2. The average Bonchev–Trinajstić information content (AvgIpc) is 3.11. The summed E-state index contributed by atoms with van der Waals surface area (Å²) in [6.45, 7) is 5.73. The molecule has 0 fully saturated rings. The number of aliphatic hydroxyl groups excluding tert-OH is 4. The largest absolute Gasteiger partial charge is 0.506 e. The molecular weight excluding hydrogens is 632 g/mol. The molecule has 4 atom stereocenters. The molecule has 0 radical (unpaired) electrons. The molecule has 0 spiro atoms. The van der Waals surface area contributed by atoms with Gasteiger partial charge in [0.1, 0.15) is 22.9 Å². The van der Waals surface area contributed by atoms with Gasteiger partial charge in [-0.1, -0.05) is 72.8 Å². The molecule has 0 saturated heterocycles. The first-order valence-corrected chi connectivity index (χ1v) is 17.6. The van der Waals surface area contributed by atoms with Crippen LogP contribution in [0, 0.1) is 0 Å². The van der Waals surface area contributed by atoms with E-state index in [2.05, 4.69) is 21.3 Å². The van der Waals surface area contributed by atoms with Crippen molar-refractivity contribution >= 4 is 22.7 Å². The Balaban J connectivity index is 0.000000275. The van der Waals surface area contributed by atoms with Crippen molar-refractivity contribution in [1.29, 1.82) is 0 Å². The summed E-state index contributed by atoms with van der Waals surface area (Å²) in [7, 11) is 0. The molecule has 4 rings (SSSR count). The zero-order chi connectivity index (χ0) is 36.1. The smallest absolute Gasteiger partial charge is 0.140 e. The zero-order valence-corrected chi connectivity index (χ0v) is 29.3. The first-order valence-electron chi connectivity index (χ1n) is 17.6. The highest BCUT2D eigenvalue weighted by Crippen LogP contribution is 2.33. The van der Waals surface area contributed by atoms with Crippen LogP contribution in [0.15, 0.2) is 97.1 Å². The number of hydrogen-bond donors (Lipinski definition) is 10. The lowest BCUT2D eigenvalue weighted by atomic mass is 10.1. The Morgan fingerprint density at radius 2 is 0.880 bits per heavy atom. The minimum absolute atomic E-state index is 0.0782. The SMILES string of the molecule is CC(O)CCCCNc1cccc(O)c1NCCCCC(C)O.Oc1cccc(NCC(O)c2ccccc2)c1NCC(O)c1ccccc1. The molecule has 0 aliphatic carbocycles. The number of rotatable bonds is 20. The van der Waals surface area contributed by atoms with Crippen molar-refractivity contribution in [2.45, 2.75) is 76.8 Å². The summed E-state index contributed by atoms with van der Waals surface area (Å²) >= 11 is 0. The number of nitrogens with one attached hydrogen (secondary N) is 4. The molecule has 10 heteroatoms. The molecule has 10 nitrogen and oxygen atoms in total. The van der Waals surface area contributed by atoms with Crippen molar-refractivity contribution in [2.24, 2.45) is 0 Å². The topological polar surface area (TPSA) is 170 Å². The van der Waals surface area contributed by atoms with Gasteiger partial charge in [0.2, 0.25) is 0 Å². The lowest BCUT2D eigenvalue weighted by Gasteiger charge is -2.19. The number of aromatic hydroxyl groups is 2. The van der Waals surface area contributed by atoms with Crippen LogP contribution in [0.2, 0.25) is 0 Å². The van der Waals surface area contributed by atoms with E-state index in [0.29, 0.717) is 17.9 Å². The summed E-state index contributed by atoms with van der Waals surface area (Å²) < 4.78 is 0. The van der Waals surface area contributed by atoms with Gasteiger partial charge in [-0.25, -0.2) is 0 Å². The van der Waals surface area contributed by atoms with Crippen LogP contribution >= 0.6 is 0 Å². The molecule has 0 saturated carbocycles. The quantitative estimate of drug-likeness (QED) is 0.0345. The van der Waals surface area contributed by atoms with Crippen LogP contribution in [0.25, 0.3) is 0 Å². The number of benzene rings is 4. The fourth-order valence-electron chi connectivity index (χ4n) is 5.30. The van der Waals surface area contributed by atoms with Gasteiger partial charge < -0.3 is 51.9 Å². The van der Waals surface area contributed by atoms with Gasteiger partial charge in [-0.05, 0) is 87.8 Å².